The zero-order chi connectivity index (χ0) is 16.7. The third-order valence-corrected chi connectivity index (χ3v) is 3.76. The molecule has 0 saturated heterocycles. The highest BCUT2D eigenvalue weighted by atomic mass is 79.9. The van der Waals surface area contributed by atoms with Crippen molar-refractivity contribution in [2.45, 2.75) is 26.4 Å². The first-order valence-electron chi connectivity index (χ1n) is 7.46. The summed E-state index contributed by atoms with van der Waals surface area (Å²) < 4.78 is 6.43. The fourth-order valence-electron chi connectivity index (χ4n) is 2.11. The monoisotopic (exact) mass is 377 g/mol. The molecular formula is C17H20BrN3O2. The van der Waals surface area contributed by atoms with Crippen LogP contribution in [0, 0.1) is 0 Å². The number of ether oxygens (including phenoxy) is 1. The van der Waals surface area contributed by atoms with E-state index in [0.717, 1.165) is 15.6 Å². The first-order chi connectivity index (χ1) is 11.1. The second-order valence-corrected chi connectivity index (χ2v) is 5.92. The highest BCUT2D eigenvalue weighted by Gasteiger charge is 2.11. The molecule has 0 radical (unpaired) electrons. The van der Waals surface area contributed by atoms with Gasteiger partial charge in [0.15, 0.2) is 0 Å². The number of carbonyl (C=O) groups excluding carboxylic acids is 1. The lowest BCUT2D eigenvalue weighted by Gasteiger charge is -2.16. The van der Waals surface area contributed by atoms with Crippen molar-refractivity contribution in [2.24, 2.45) is 0 Å². The van der Waals surface area contributed by atoms with E-state index >= 15 is 0 Å². The summed E-state index contributed by atoms with van der Waals surface area (Å²) in [5.41, 5.74) is 1.88. The van der Waals surface area contributed by atoms with Crippen LogP contribution in [0.2, 0.25) is 0 Å². The molecule has 0 aliphatic heterocycles. The van der Waals surface area contributed by atoms with Crippen molar-refractivity contribution in [1.29, 1.82) is 0 Å². The molecule has 0 aliphatic carbocycles. The van der Waals surface area contributed by atoms with Gasteiger partial charge in [0.25, 0.3) is 0 Å². The molecule has 5 nitrogen and oxygen atoms in total. The summed E-state index contributed by atoms with van der Waals surface area (Å²) in [6.07, 6.45) is 1.67. The molecule has 1 heterocycles. The van der Waals surface area contributed by atoms with E-state index in [1.54, 1.807) is 6.20 Å². The van der Waals surface area contributed by atoms with Crippen LogP contribution in [0.5, 0.6) is 5.88 Å². The summed E-state index contributed by atoms with van der Waals surface area (Å²) >= 11 is 3.43. The Morgan fingerprint density at radius 3 is 2.91 bits per heavy atom. The Hall–Kier alpha value is -2.08. The van der Waals surface area contributed by atoms with Gasteiger partial charge >= 0.3 is 6.03 Å². The van der Waals surface area contributed by atoms with Crippen LogP contribution in [0.1, 0.15) is 31.0 Å². The van der Waals surface area contributed by atoms with E-state index in [-0.39, 0.29) is 12.1 Å². The number of rotatable bonds is 6. The number of hydrogen-bond donors (Lipinski definition) is 2. The first-order valence-corrected chi connectivity index (χ1v) is 8.26. The molecule has 0 spiro atoms. The predicted molar refractivity (Wildman–Crippen MR) is 93.3 cm³/mol. The zero-order valence-electron chi connectivity index (χ0n) is 13.2. The van der Waals surface area contributed by atoms with E-state index < -0.39 is 0 Å². The fraction of sp³-hybridized carbons (Fsp3) is 0.294. The van der Waals surface area contributed by atoms with Crippen LogP contribution in [0.15, 0.2) is 47.1 Å². The molecule has 1 aromatic heterocycles. The van der Waals surface area contributed by atoms with Gasteiger partial charge in [-0.25, -0.2) is 9.78 Å². The minimum absolute atomic E-state index is 0.0900. The van der Waals surface area contributed by atoms with Crippen molar-refractivity contribution in [3.05, 3.63) is 58.2 Å². The molecule has 23 heavy (non-hydrogen) atoms. The van der Waals surface area contributed by atoms with Crippen LogP contribution in [0.25, 0.3) is 0 Å². The summed E-state index contributed by atoms with van der Waals surface area (Å²) in [6.45, 7) is 4.74. The fourth-order valence-corrected chi connectivity index (χ4v) is 2.52. The van der Waals surface area contributed by atoms with E-state index in [9.17, 15) is 4.79 Å². The lowest BCUT2D eigenvalue weighted by Crippen LogP contribution is -2.36. The summed E-state index contributed by atoms with van der Waals surface area (Å²) in [4.78, 5) is 16.2. The molecule has 2 N–H and O–H groups in total. The molecule has 2 amide bonds. The molecule has 0 fully saturated rings. The van der Waals surface area contributed by atoms with Crippen molar-refractivity contribution in [1.82, 2.24) is 15.6 Å². The van der Waals surface area contributed by atoms with Gasteiger partial charge in [-0.15, -0.1) is 0 Å². The minimum atomic E-state index is -0.233. The first kappa shape index (κ1) is 17.3. The Morgan fingerprint density at radius 2 is 2.17 bits per heavy atom. The van der Waals surface area contributed by atoms with Gasteiger partial charge in [0, 0.05) is 22.8 Å². The molecular weight excluding hydrogens is 358 g/mol. The van der Waals surface area contributed by atoms with Gasteiger partial charge in [0.1, 0.15) is 0 Å². The number of nitrogens with one attached hydrogen (secondary N) is 2. The third kappa shape index (κ3) is 5.25. The molecule has 0 aliphatic rings. The number of pyridine rings is 1. The molecule has 0 bridgehead atoms. The number of urea groups is 1. The molecule has 2 aromatic rings. The van der Waals surface area contributed by atoms with Crippen LogP contribution in [-0.2, 0) is 6.54 Å². The van der Waals surface area contributed by atoms with Crippen LogP contribution in [0.3, 0.4) is 0 Å². The summed E-state index contributed by atoms with van der Waals surface area (Å²) in [7, 11) is 0. The molecule has 0 saturated carbocycles. The van der Waals surface area contributed by atoms with E-state index in [1.807, 2.05) is 50.2 Å². The van der Waals surface area contributed by atoms with Gasteiger partial charge in [0.2, 0.25) is 5.88 Å². The van der Waals surface area contributed by atoms with E-state index in [2.05, 4.69) is 31.5 Å². The Bertz CT molecular complexity index is 664. The predicted octanol–water partition coefficient (Wildman–Crippen LogP) is 3.80. The number of hydrogen-bond acceptors (Lipinski definition) is 3. The van der Waals surface area contributed by atoms with Crippen molar-refractivity contribution < 1.29 is 9.53 Å². The zero-order valence-corrected chi connectivity index (χ0v) is 14.8. The van der Waals surface area contributed by atoms with Gasteiger partial charge in [-0.2, -0.15) is 0 Å². The number of aromatic nitrogens is 1. The number of benzene rings is 1. The molecule has 1 aromatic carbocycles. The summed E-state index contributed by atoms with van der Waals surface area (Å²) in [6, 6.07) is 11.2. The molecule has 1 atom stereocenters. The lowest BCUT2D eigenvalue weighted by atomic mass is 10.1. The summed E-state index contributed by atoms with van der Waals surface area (Å²) in [5, 5.41) is 5.74. The molecule has 2 rings (SSSR count). The maximum Gasteiger partial charge on any atom is 0.315 e. The quantitative estimate of drug-likeness (QED) is 0.804. The minimum Gasteiger partial charge on any atom is -0.478 e. The normalized spacial score (nSPS) is 11.6. The molecule has 122 valence electrons. The number of carbonyl (C=O) groups is 1. The number of amides is 2. The number of halogens is 1. The third-order valence-electron chi connectivity index (χ3n) is 3.27. The average Bonchev–Trinajstić information content (AvgIpc) is 2.54. The van der Waals surface area contributed by atoms with Crippen LogP contribution in [0.4, 0.5) is 4.79 Å². The Balaban J connectivity index is 1.90. The van der Waals surface area contributed by atoms with Gasteiger partial charge in [-0.3, -0.25) is 0 Å². The Kier molecular flexibility index (Phi) is 6.40. The maximum absolute atomic E-state index is 12.1. The molecule has 6 heteroatoms. The smallest absolute Gasteiger partial charge is 0.315 e. The van der Waals surface area contributed by atoms with Gasteiger partial charge in [-0.1, -0.05) is 34.1 Å². The second kappa shape index (κ2) is 8.53. The highest BCUT2D eigenvalue weighted by molar-refractivity contribution is 9.10. The van der Waals surface area contributed by atoms with Crippen LogP contribution >= 0.6 is 15.9 Å². The largest absolute Gasteiger partial charge is 0.478 e. The van der Waals surface area contributed by atoms with Crippen molar-refractivity contribution in [3.63, 3.8) is 0 Å². The SMILES string of the molecule is CCOc1ncccc1CNC(=O)N[C@H](C)c1cccc(Br)c1. The molecule has 0 unspecified atom stereocenters. The van der Waals surface area contributed by atoms with Crippen molar-refractivity contribution in [3.8, 4) is 5.88 Å². The van der Waals surface area contributed by atoms with Crippen LogP contribution in [-0.4, -0.2) is 17.6 Å². The Morgan fingerprint density at radius 1 is 1.35 bits per heavy atom. The van der Waals surface area contributed by atoms with Crippen molar-refractivity contribution in [2.75, 3.05) is 6.61 Å². The van der Waals surface area contributed by atoms with Gasteiger partial charge in [-0.05, 0) is 37.6 Å². The highest BCUT2D eigenvalue weighted by Crippen LogP contribution is 2.18. The standard InChI is InChI=1S/C17H20BrN3O2/c1-3-23-16-14(7-5-9-19-16)11-20-17(22)21-12(2)13-6-4-8-15(18)10-13/h4-10,12H,3,11H2,1-2H3,(H2,20,21,22)/t12-/m1/s1. The van der Waals surface area contributed by atoms with Gasteiger partial charge in [0.05, 0.1) is 12.6 Å². The maximum atomic E-state index is 12.1. The Labute approximate surface area is 144 Å². The van der Waals surface area contributed by atoms with Gasteiger partial charge < -0.3 is 15.4 Å². The average molecular weight is 378 g/mol. The topological polar surface area (TPSA) is 63.2 Å². The van der Waals surface area contributed by atoms with E-state index in [0.29, 0.717) is 19.0 Å². The van der Waals surface area contributed by atoms with E-state index in [4.69, 9.17) is 4.74 Å². The second-order valence-electron chi connectivity index (χ2n) is 5.00. The number of nitrogens with zero attached hydrogens (tertiary/aromatic N) is 1. The lowest BCUT2D eigenvalue weighted by molar-refractivity contribution is 0.237. The van der Waals surface area contributed by atoms with Crippen LogP contribution < -0.4 is 15.4 Å². The van der Waals surface area contributed by atoms with Crippen molar-refractivity contribution >= 4 is 22.0 Å². The van der Waals surface area contributed by atoms with E-state index in [1.165, 1.54) is 0 Å². The summed E-state index contributed by atoms with van der Waals surface area (Å²) in [5.74, 6) is 0.551.